The SMILES string of the molecule is CCOC(=O)c1cnn(C)c1CNCC(C)(O)CSC. The van der Waals surface area contributed by atoms with Gasteiger partial charge >= 0.3 is 5.97 Å². The highest BCUT2D eigenvalue weighted by Crippen LogP contribution is 2.12. The van der Waals surface area contributed by atoms with Crippen LogP contribution in [0.1, 0.15) is 29.9 Å². The highest BCUT2D eigenvalue weighted by Gasteiger charge is 2.21. The first-order chi connectivity index (χ1) is 9.41. The van der Waals surface area contributed by atoms with E-state index in [1.807, 2.05) is 6.26 Å². The smallest absolute Gasteiger partial charge is 0.341 e. The molecule has 1 atom stereocenters. The van der Waals surface area contributed by atoms with Gasteiger partial charge in [0.1, 0.15) is 5.56 Å². The Morgan fingerprint density at radius 1 is 1.65 bits per heavy atom. The lowest BCUT2D eigenvalue weighted by atomic mass is 10.1. The summed E-state index contributed by atoms with van der Waals surface area (Å²) in [4.78, 5) is 11.8. The van der Waals surface area contributed by atoms with Crippen molar-refractivity contribution in [1.29, 1.82) is 0 Å². The molecule has 1 aromatic rings. The van der Waals surface area contributed by atoms with Crippen LogP contribution in [0.5, 0.6) is 0 Å². The molecule has 0 bridgehead atoms. The van der Waals surface area contributed by atoms with Gasteiger partial charge in [0.25, 0.3) is 0 Å². The van der Waals surface area contributed by atoms with Gasteiger partial charge in [-0.05, 0) is 20.1 Å². The lowest BCUT2D eigenvalue weighted by molar-refractivity contribution is 0.0524. The second-order valence-corrected chi connectivity index (χ2v) is 5.75. The van der Waals surface area contributed by atoms with E-state index in [0.29, 0.717) is 31.0 Å². The highest BCUT2D eigenvalue weighted by molar-refractivity contribution is 7.98. The van der Waals surface area contributed by atoms with Crippen molar-refractivity contribution in [2.45, 2.75) is 26.0 Å². The van der Waals surface area contributed by atoms with E-state index in [-0.39, 0.29) is 5.97 Å². The Morgan fingerprint density at radius 3 is 2.95 bits per heavy atom. The number of carbonyl (C=O) groups excluding carboxylic acids is 1. The van der Waals surface area contributed by atoms with Gasteiger partial charge < -0.3 is 15.2 Å². The molecule has 1 aromatic heterocycles. The van der Waals surface area contributed by atoms with E-state index >= 15 is 0 Å². The van der Waals surface area contributed by atoms with Crippen LogP contribution in [0.15, 0.2) is 6.20 Å². The van der Waals surface area contributed by atoms with Gasteiger partial charge in [-0.25, -0.2) is 4.79 Å². The molecule has 0 aliphatic rings. The summed E-state index contributed by atoms with van der Waals surface area (Å²) < 4.78 is 6.64. The minimum absolute atomic E-state index is 0.336. The third-order valence-corrected chi connectivity index (χ3v) is 3.72. The van der Waals surface area contributed by atoms with Crippen LogP contribution in [0.4, 0.5) is 0 Å². The number of carbonyl (C=O) groups is 1. The van der Waals surface area contributed by atoms with Crippen LogP contribution in [-0.4, -0.2) is 51.6 Å². The average Bonchev–Trinajstić information content (AvgIpc) is 2.71. The quantitative estimate of drug-likeness (QED) is 0.692. The normalized spacial score (nSPS) is 14.1. The Hall–Kier alpha value is -1.05. The van der Waals surface area contributed by atoms with Gasteiger partial charge in [0, 0.05) is 25.9 Å². The zero-order valence-corrected chi connectivity index (χ0v) is 13.3. The fourth-order valence-corrected chi connectivity index (χ4v) is 2.59. The maximum absolute atomic E-state index is 11.8. The number of hydrogen-bond acceptors (Lipinski definition) is 6. The molecule has 0 amide bonds. The van der Waals surface area contributed by atoms with Gasteiger partial charge in [-0.15, -0.1) is 0 Å². The topological polar surface area (TPSA) is 76.4 Å². The van der Waals surface area contributed by atoms with E-state index in [4.69, 9.17) is 4.74 Å². The van der Waals surface area contributed by atoms with Crippen molar-refractivity contribution >= 4 is 17.7 Å². The van der Waals surface area contributed by atoms with E-state index in [2.05, 4.69) is 10.4 Å². The molecule has 6 nitrogen and oxygen atoms in total. The number of nitrogens with one attached hydrogen (secondary N) is 1. The van der Waals surface area contributed by atoms with Crippen LogP contribution in [0.3, 0.4) is 0 Å². The Labute approximate surface area is 123 Å². The lowest BCUT2D eigenvalue weighted by Crippen LogP contribution is -2.40. The summed E-state index contributed by atoms with van der Waals surface area (Å²) in [6.45, 7) is 4.79. The van der Waals surface area contributed by atoms with E-state index in [1.165, 1.54) is 6.20 Å². The minimum atomic E-state index is -0.776. The second-order valence-electron chi connectivity index (χ2n) is 4.88. The molecule has 0 spiro atoms. The Balaban J connectivity index is 2.64. The van der Waals surface area contributed by atoms with Crippen molar-refractivity contribution in [3.63, 3.8) is 0 Å². The summed E-state index contributed by atoms with van der Waals surface area (Å²) in [7, 11) is 1.78. The predicted molar refractivity (Wildman–Crippen MR) is 79.9 cm³/mol. The summed E-state index contributed by atoms with van der Waals surface area (Å²) in [5, 5.41) is 17.3. The van der Waals surface area contributed by atoms with Crippen molar-refractivity contribution in [1.82, 2.24) is 15.1 Å². The number of esters is 1. The summed E-state index contributed by atoms with van der Waals surface area (Å²) >= 11 is 1.59. The van der Waals surface area contributed by atoms with Crippen molar-refractivity contribution in [3.8, 4) is 0 Å². The number of thioether (sulfide) groups is 1. The standard InChI is InChI=1S/C13H23N3O3S/c1-5-19-12(17)10-6-15-16(3)11(10)7-14-8-13(2,18)9-20-4/h6,14,18H,5,7-9H2,1-4H3. The van der Waals surface area contributed by atoms with Crippen molar-refractivity contribution in [2.24, 2.45) is 7.05 Å². The van der Waals surface area contributed by atoms with Gasteiger partial charge in [-0.2, -0.15) is 16.9 Å². The van der Waals surface area contributed by atoms with Crippen LogP contribution in [0, 0.1) is 0 Å². The number of rotatable bonds is 8. The monoisotopic (exact) mass is 301 g/mol. The second kappa shape index (κ2) is 7.66. The molecule has 0 aliphatic carbocycles. The van der Waals surface area contributed by atoms with Crippen molar-refractivity contribution in [3.05, 3.63) is 17.5 Å². The minimum Gasteiger partial charge on any atom is -0.462 e. The van der Waals surface area contributed by atoms with E-state index in [1.54, 1.807) is 37.3 Å². The first-order valence-electron chi connectivity index (χ1n) is 6.51. The van der Waals surface area contributed by atoms with Crippen molar-refractivity contribution < 1.29 is 14.6 Å². The zero-order valence-electron chi connectivity index (χ0n) is 12.5. The van der Waals surface area contributed by atoms with Crippen LogP contribution in [-0.2, 0) is 18.3 Å². The number of aromatic nitrogens is 2. The fourth-order valence-electron chi connectivity index (χ4n) is 1.86. The maximum Gasteiger partial charge on any atom is 0.341 e. The van der Waals surface area contributed by atoms with Crippen LogP contribution >= 0.6 is 11.8 Å². The first-order valence-corrected chi connectivity index (χ1v) is 7.90. The lowest BCUT2D eigenvalue weighted by Gasteiger charge is -2.22. The van der Waals surface area contributed by atoms with E-state index in [9.17, 15) is 9.90 Å². The molecule has 1 rings (SSSR count). The largest absolute Gasteiger partial charge is 0.462 e. The number of aryl methyl sites for hydroxylation is 1. The molecule has 0 fully saturated rings. The molecule has 20 heavy (non-hydrogen) atoms. The van der Waals surface area contributed by atoms with Crippen LogP contribution in [0.2, 0.25) is 0 Å². The summed E-state index contributed by atoms with van der Waals surface area (Å²) in [5.41, 5.74) is 0.442. The molecular formula is C13H23N3O3S. The van der Waals surface area contributed by atoms with Gasteiger partial charge in [0.2, 0.25) is 0 Å². The molecule has 0 radical (unpaired) electrons. The maximum atomic E-state index is 11.8. The van der Waals surface area contributed by atoms with Gasteiger partial charge in [-0.1, -0.05) is 0 Å². The van der Waals surface area contributed by atoms with Crippen LogP contribution < -0.4 is 5.32 Å². The molecular weight excluding hydrogens is 278 g/mol. The molecule has 2 N–H and O–H groups in total. The Bertz CT molecular complexity index is 446. The molecule has 114 valence electrons. The molecule has 0 saturated carbocycles. The fraction of sp³-hybridized carbons (Fsp3) is 0.692. The Morgan fingerprint density at radius 2 is 2.35 bits per heavy atom. The third-order valence-electron chi connectivity index (χ3n) is 2.81. The first kappa shape index (κ1) is 17.0. The number of hydrogen-bond donors (Lipinski definition) is 2. The number of aliphatic hydroxyl groups is 1. The average molecular weight is 301 g/mol. The van der Waals surface area contributed by atoms with Gasteiger partial charge in [-0.3, -0.25) is 4.68 Å². The number of nitrogens with zero attached hydrogens (tertiary/aromatic N) is 2. The highest BCUT2D eigenvalue weighted by atomic mass is 32.2. The van der Waals surface area contributed by atoms with Crippen LogP contribution in [0.25, 0.3) is 0 Å². The molecule has 0 aliphatic heterocycles. The van der Waals surface area contributed by atoms with E-state index in [0.717, 1.165) is 5.69 Å². The third kappa shape index (κ3) is 4.81. The van der Waals surface area contributed by atoms with Crippen molar-refractivity contribution in [2.75, 3.05) is 25.2 Å². The number of ether oxygens (including phenoxy) is 1. The summed E-state index contributed by atoms with van der Waals surface area (Å²) in [6, 6.07) is 0. The van der Waals surface area contributed by atoms with Gasteiger partial charge in [0.05, 0.1) is 24.1 Å². The predicted octanol–water partition coefficient (Wildman–Crippen LogP) is 0.800. The molecule has 1 unspecified atom stereocenters. The molecule has 1 heterocycles. The van der Waals surface area contributed by atoms with E-state index < -0.39 is 5.60 Å². The molecule has 7 heteroatoms. The van der Waals surface area contributed by atoms with Gasteiger partial charge in [0.15, 0.2) is 0 Å². The Kier molecular flexibility index (Phi) is 6.51. The summed E-state index contributed by atoms with van der Waals surface area (Å²) in [6.07, 6.45) is 3.46. The summed E-state index contributed by atoms with van der Waals surface area (Å²) in [5.74, 6) is 0.282. The zero-order chi connectivity index (χ0) is 15.2. The molecule has 0 saturated heterocycles. The molecule has 0 aromatic carbocycles.